The number of nitrogens with one attached hydrogen (secondary N) is 1. The first-order valence-electron chi connectivity index (χ1n) is 9.67. The van der Waals surface area contributed by atoms with Crippen molar-refractivity contribution in [3.63, 3.8) is 0 Å². The number of carboxylic acids is 1. The Labute approximate surface area is 181 Å². The number of aryl methyl sites for hydroxylation is 1. The predicted octanol–water partition coefficient (Wildman–Crippen LogP) is 5.94. The molecular formula is C24H24ClNO4. The number of aromatic carboxylic acids is 1. The van der Waals surface area contributed by atoms with Crippen molar-refractivity contribution < 1.29 is 19.4 Å². The Bertz CT molecular complexity index is 1020. The molecule has 3 rings (SSSR count). The number of anilines is 1. The number of benzene rings is 3. The standard InChI is InChI=1S/C24H24ClNO4/c1-3-29-22-13-17(14-26-20-10-8-18(9-11-20)24(27)28)12-21(25)23(22)30-15-19-7-5-4-6-16(19)2/h4-13,26H,3,14-15H2,1-2H3,(H,27,28). The summed E-state index contributed by atoms with van der Waals surface area (Å²) >= 11 is 6.52. The molecule has 30 heavy (non-hydrogen) atoms. The summed E-state index contributed by atoms with van der Waals surface area (Å²) < 4.78 is 11.8. The van der Waals surface area contributed by atoms with Gasteiger partial charge in [0.05, 0.1) is 17.2 Å². The molecule has 0 amide bonds. The van der Waals surface area contributed by atoms with E-state index in [1.807, 2.05) is 50.2 Å². The number of carbonyl (C=O) groups is 1. The topological polar surface area (TPSA) is 67.8 Å². The van der Waals surface area contributed by atoms with Crippen molar-refractivity contribution in [2.45, 2.75) is 27.0 Å². The van der Waals surface area contributed by atoms with Gasteiger partial charge in [-0.2, -0.15) is 0 Å². The molecule has 0 heterocycles. The van der Waals surface area contributed by atoms with Crippen molar-refractivity contribution >= 4 is 23.3 Å². The molecule has 0 saturated carbocycles. The van der Waals surface area contributed by atoms with E-state index in [-0.39, 0.29) is 5.56 Å². The highest BCUT2D eigenvalue weighted by Gasteiger charge is 2.14. The van der Waals surface area contributed by atoms with Gasteiger partial charge >= 0.3 is 5.97 Å². The summed E-state index contributed by atoms with van der Waals surface area (Å²) in [5.41, 5.74) is 4.23. The van der Waals surface area contributed by atoms with E-state index in [0.717, 1.165) is 22.4 Å². The molecule has 156 valence electrons. The van der Waals surface area contributed by atoms with Crippen LogP contribution < -0.4 is 14.8 Å². The van der Waals surface area contributed by atoms with Crippen molar-refractivity contribution in [3.05, 3.63) is 87.9 Å². The normalized spacial score (nSPS) is 10.5. The summed E-state index contributed by atoms with van der Waals surface area (Å²) in [5, 5.41) is 12.7. The van der Waals surface area contributed by atoms with Crippen LogP contribution in [0.4, 0.5) is 5.69 Å². The van der Waals surface area contributed by atoms with Crippen molar-refractivity contribution in [2.75, 3.05) is 11.9 Å². The quantitative estimate of drug-likeness (QED) is 0.444. The van der Waals surface area contributed by atoms with E-state index >= 15 is 0 Å². The number of carboxylic acid groups (broad SMARTS) is 1. The molecular weight excluding hydrogens is 402 g/mol. The minimum absolute atomic E-state index is 0.248. The van der Waals surface area contributed by atoms with Crippen LogP contribution in [0.5, 0.6) is 11.5 Å². The lowest BCUT2D eigenvalue weighted by Gasteiger charge is -2.16. The summed E-state index contributed by atoms with van der Waals surface area (Å²) in [7, 11) is 0. The molecule has 3 aromatic carbocycles. The fourth-order valence-corrected chi connectivity index (χ4v) is 3.27. The summed E-state index contributed by atoms with van der Waals surface area (Å²) in [4.78, 5) is 11.0. The fraction of sp³-hybridized carbons (Fsp3) is 0.208. The second kappa shape index (κ2) is 10.0. The fourth-order valence-electron chi connectivity index (χ4n) is 2.98. The minimum Gasteiger partial charge on any atom is -0.490 e. The van der Waals surface area contributed by atoms with Gasteiger partial charge in [-0.1, -0.05) is 35.9 Å². The van der Waals surface area contributed by atoms with E-state index in [0.29, 0.717) is 36.3 Å². The lowest BCUT2D eigenvalue weighted by atomic mass is 10.1. The molecule has 6 heteroatoms. The largest absolute Gasteiger partial charge is 0.490 e. The summed E-state index contributed by atoms with van der Waals surface area (Å²) in [6.07, 6.45) is 0. The SMILES string of the molecule is CCOc1cc(CNc2ccc(C(=O)O)cc2)cc(Cl)c1OCc1ccccc1C. The average molecular weight is 426 g/mol. The van der Waals surface area contributed by atoms with E-state index in [9.17, 15) is 4.79 Å². The molecule has 2 N–H and O–H groups in total. The van der Waals surface area contributed by atoms with E-state index in [2.05, 4.69) is 5.32 Å². The van der Waals surface area contributed by atoms with Crippen LogP contribution in [0.1, 0.15) is 34.0 Å². The first-order chi connectivity index (χ1) is 14.5. The summed E-state index contributed by atoms with van der Waals surface area (Å²) in [6.45, 7) is 5.35. The Hall–Kier alpha value is -3.18. The molecule has 0 atom stereocenters. The van der Waals surface area contributed by atoms with Gasteiger partial charge < -0.3 is 19.9 Å². The van der Waals surface area contributed by atoms with Crippen molar-refractivity contribution in [1.82, 2.24) is 0 Å². The molecule has 0 aliphatic rings. The molecule has 0 fully saturated rings. The maximum absolute atomic E-state index is 11.0. The molecule has 0 unspecified atom stereocenters. The number of rotatable bonds is 9. The number of ether oxygens (including phenoxy) is 2. The number of hydrogen-bond acceptors (Lipinski definition) is 4. The Morgan fingerprint density at radius 2 is 1.80 bits per heavy atom. The Morgan fingerprint density at radius 3 is 2.47 bits per heavy atom. The maximum atomic E-state index is 11.0. The second-order valence-electron chi connectivity index (χ2n) is 6.79. The zero-order chi connectivity index (χ0) is 21.5. The van der Waals surface area contributed by atoms with E-state index < -0.39 is 5.97 Å². The highest BCUT2D eigenvalue weighted by atomic mass is 35.5. The molecule has 0 saturated heterocycles. The zero-order valence-corrected chi connectivity index (χ0v) is 17.7. The number of halogens is 1. The molecule has 0 aliphatic heterocycles. The molecule has 0 aliphatic carbocycles. The van der Waals surface area contributed by atoms with Crippen LogP contribution in [0.25, 0.3) is 0 Å². The summed E-state index contributed by atoms with van der Waals surface area (Å²) in [6, 6.07) is 18.4. The lowest BCUT2D eigenvalue weighted by Crippen LogP contribution is -2.04. The third-order valence-corrected chi connectivity index (χ3v) is 4.91. The van der Waals surface area contributed by atoms with Crippen LogP contribution in [0.2, 0.25) is 5.02 Å². The zero-order valence-electron chi connectivity index (χ0n) is 16.9. The molecule has 0 aromatic heterocycles. The first-order valence-corrected chi connectivity index (χ1v) is 10.1. The Balaban J connectivity index is 1.73. The lowest BCUT2D eigenvalue weighted by molar-refractivity contribution is 0.0697. The first kappa shape index (κ1) is 21.5. The summed E-state index contributed by atoms with van der Waals surface area (Å²) in [5.74, 6) is 0.170. The van der Waals surface area contributed by atoms with Gasteiger partial charge in [-0.25, -0.2) is 4.79 Å². The predicted molar refractivity (Wildman–Crippen MR) is 119 cm³/mol. The average Bonchev–Trinajstić information content (AvgIpc) is 2.73. The van der Waals surface area contributed by atoms with Gasteiger partial charge in [-0.15, -0.1) is 0 Å². The van der Waals surface area contributed by atoms with Crippen LogP contribution in [0.15, 0.2) is 60.7 Å². The van der Waals surface area contributed by atoms with Gasteiger partial charge in [0.25, 0.3) is 0 Å². The van der Waals surface area contributed by atoms with Crippen LogP contribution in [-0.4, -0.2) is 17.7 Å². The highest BCUT2D eigenvalue weighted by Crippen LogP contribution is 2.37. The third-order valence-electron chi connectivity index (χ3n) is 4.63. The van der Waals surface area contributed by atoms with Crippen molar-refractivity contribution in [2.24, 2.45) is 0 Å². The smallest absolute Gasteiger partial charge is 0.335 e. The third kappa shape index (κ3) is 5.45. The molecule has 3 aromatic rings. The van der Waals surface area contributed by atoms with Gasteiger partial charge in [-0.05, 0) is 66.9 Å². The van der Waals surface area contributed by atoms with Gasteiger partial charge in [0.15, 0.2) is 11.5 Å². The van der Waals surface area contributed by atoms with Crippen LogP contribution in [0, 0.1) is 6.92 Å². The molecule has 0 radical (unpaired) electrons. The van der Waals surface area contributed by atoms with Crippen LogP contribution in [0.3, 0.4) is 0 Å². The Morgan fingerprint density at radius 1 is 1.07 bits per heavy atom. The van der Waals surface area contributed by atoms with Gasteiger partial charge in [0.1, 0.15) is 6.61 Å². The second-order valence-corrected chi connectivity index (χ2v) is 7.20. The van der Waals surface area contributed by atoms with Crippen LogP contribution in [-0.2, 0) is 13.2 Å². The Kier molecular flexibility index (Phi) is 7.20. The molecule has 0 spiro atoms. The number of hydrogen-bond donors (Lipinski definition) is 2. The van der Waals surface area contributed by atoms with Crippen molar-refractivity contribution in [1.29, 1.82) is 0 Å². The van der Waals surface area contributed by atoms with Crippen LogP contribution >= 0.6 is 11.6 Å². The van der Waals surface area contributed by atoms with E-state index in [4.69, 9.17) is 26.2 Å². The maximum Gasteiger partial charge on any atom is 0.335 e. The van der Waals surface area contributed by atoms with E-state index in [1.54, 1.807) is 24.3 Å². The van der Waals surface area contributed by atoms with Gasteiger partial charge in [-0.3, -0.25) is 0 Å². The van der Waals surface area contributed by atoms with Gasteiger partial charge in [0, 0.05) is 12.2 Å². The van der Waals surface area contributed by atoms with Crippen molar-refractivity contribution in [3.8, 4) is 11.5 Å². The van der Waals surface area contributed by atoms with Gasteiger partial charge in [0.2, 0.25) is 0 Å². The monoisotopic (exact) mass is 425 g/mol. The highest BCUT2D eigenvalue weighted by molar-refractivity contribution is 6.32. The molecule has 0 bridgehead atoms. The van der Waals surface area contributed by atoms with E-state index in [1.165, 1.54) is 0 Å². The molecule has 5 nitrogen and oxygen atoms in total. The minimum atomic E-state index is -0.948.